The maximum atomic E-state index is 7.20. The lowest BCUT2D eigenvalue weighted by atomic mass is 9.43. The Hall–Kier alpha value is -3.03. The molecular weight excluding hydrogens is 458 g/mol. The van der Waals surface area contributed by atoms with Gasteiger partial charge in [0.2, 0.25) is 0 Å². The SMILES string of the molecule is Clc1cccc2c1C1(c3c-2cccc3-n2c3ccccc3c3ccccc32)C2CC3CC(C2)CC1C3. The van der Waals surface area contributed by atoms with Gasteiger partial charge < -0.3 is 4.57 Å². The van der Waals surface area contributed by atoms with Crippen LogP contribution in [0.1, 0.15) is 43.2 Å². The normalized spacial score (nSPS) is 29.4. The summed E-state index contributed by atoms with van der Waals surface area (Å²) < 4.78 is 2.57. The highest BCUT2D eigenvalue weighted by molar-refractivity contribution is 6.32. The summed E-state index contributed by atoms with van der Waals surface area (Å²) in [7, 11) is 0. The number of hydrogen-bond acceptors (Lipinski definition) is 0. The molecule has 4 saturated carbocycles. The summed E-state index contributed by atoms with van der Waals surface area (Å²) in [5, 5.41) is 3.64. The highest BCUT2D eigenvalue weighted by Crippen LogP contribution is 2.71. The van der Waals surface area contributed by atoms with E-state index < -0.39 is 0 Å². The third kappa shape index (κ3) is 2.26. The maximum absolute atomic E-state index is 7.20. The average Bonchev–Trinajstić information content (AvgIpc) is 3.39. The van der Waals surface area contributed by atoms with Crippen molar-refractivity contribution in [1.29, 1.82) is 0 Å². The van der Waals surface area contributed by atoms with Crippen molar-refractivity contribution in [3.05, 3.63) is 101 Å². The van der Waals surface area contributed by atoms with Gasteiger partial charge in [-0.2, -0.15) is 0 Å². The minimum atomic E-state index is 0.0273. The van der Waals surface area contributed by atoms with Crippen LogP contribution in [0.4, 0.5) is 0 Å². The van der Waals surface area contributed by atoms with Gasteiger partial charge in [-0.3, -0.25) is 0 Å². The van der Waals surface area contributed by atoms with Crippen molar-refractivity contribution in [1.82, 2.24) is 4.57 Å². The van der Waals surface area contributed by atoms with Gasteiger partial charge in [0.25, 0.3) is 0 Å². The van der Waals surface area contributed by atoms with E-state index in [1.54, 1.807) is 5.56 Å². The summed E-state index contributed by atoms with van der Waals surface area (Å²) in [5.41, 5.74) is 9.80. The lowest BCUT2D eigenvalue weighted by Gasteiger charge is -2.61. The molecule has 4 aromatic carbocycles. The van der Waals surface area contributed by atoms with E-state index in [1.165, 1.54) is 76.3 Å². The zero-order chi connectivity index (χ0) is 23.6. The molecule has 36 heavy (non-hydrogen) atoms. The fourth-order valence-electron chi connectivity index (χ4n) is 9.61. The summed E-state index contributed by atoms with van der Waals surface area (Å²) in [4.78, 5) is 0. The third-order valence-electron chi connectivity index (χ3n) is 10.4. The predicted octanol–water partition coefficient (Wildman–Crippen LogP) is 9.16. The average molecular weight is 486 g/mol. The number of hydrogen-bond donors (Lipinski definition) is 0. The Labute approximate surface area is 216 Å². The minimum absolute atomic E-state index is 0.0273. The molecule has 4 bridgehead atoms. The minimum Gasteiger partial charge on any atom is -0.309 e. The lowest BCUT2D eigenvalue weighted by Crippen LogP contribution is -2.55. The Morgan fingerprint density at radius 3 is 1.78 bits per heavy atom. The molecule has 0 aliphatic heterocycles. The quantitative estimate of drug-likeness (QED) is 0.223. The molecule has 1 spiro atoms. The van der Waals surface area contributed by atoms with Crippen molar-refractivity contribution in [2.45, 2.75) is 37.5 Å². The second kappa shape index (κ2) is 6.84. The van der Waals surface area contributed by atoms with Crippen molar-refractivity contribution in [3.8, 4) is 16.8 Å². The van der Waals surface area contributed by atoms with Gasteiger partial charge in [-0.25, -0.2) is 0 Å². The van der Waals surface area contributed by atoms with Crippen molar-refractivity contribution in [3.63, 3.8) is 0 Å². The van der Waals surface area contributed by atoms with Gasteiger partial charge in [0.1, 0.15) is 0 Å². The molecule has 0 unspecified atom stereocenters. The molecule has 0 atom stereocenters. The molecule has 5 aromatic rings. The van der Waals surface area contributed by atoms with Crippen LogP contribution in [0.15, 0.2) is 84.9 Å². The number of benzene rings is 4. The molecule has 1 heterocycles. The molecule has 0 radical (unpaired) electrons. The van der Waals surface area contributed by atoms with Crippen LogP contribution in [0.3, 0.4) is 0 Å². The smallest absolute Gasteiger partial charge is 0.0541 e. The molecule has 1 aromatic heterocycles. The largest absolute Gasteiger partial charge is 0.309 e. The van der Waals surface area contributed by atoms with Gasteiger partial charge in [0.05, 0.1) is 16.7 Å². The molecule has 0 amide bonds. The summed E-state index contributed by atoms with van der Waals surface area (Å²) >= 11 is 7.20. The molecule has 1 nitrogen and oxygen atoms in total. The first-order valence-corrected chi connectivity index (χ1v) is 14.0. The van der Waals surface area contributed by atoms with Gasteiger partial charge in [-0.1, -0.05) is 72.3 Å². The van der Waals surface area contributed by atoms with Crippen LogP contribution in [0.5, 0.6) is 0 Å². The Bertz CT molecular complexity index is 1640. The first kappa shape index (κ1) is 20.1. The van der Waals surface area contributed by atoms with E-state index in [9.17, 15) is 0 Å². The zero-order valence-electron chi connectivity index (χ0n) is 20.3. The Morgan fingerprint density at radius 1 is 0.583 bits per heavy atom. The van der Waals surface area contributed by atoms with Crippen LogP contribution >= 0.6 is 11.6 Å². The van der Waals surface area contributed by atoms with Crippen LogP contribution in [0.2, 0.25) is 5.02 Å². The summed E-state index contributed by atoms with van der Waals surface area (Å²) in [6.07, 6.45) is 6.90. The van der Waals surface area contributed by atoms with Gasteiger partial charge >= 0.3 is 0 Å². The Morgan fingerprint density at radius 2 is 1.14 bits per heavy atom. The highest BCUT2D eigenvalue weighted by atomic mass is 35.5. The maximum Gasteiger partial charge on any atom is 0.0541 e. The Balaban J connectivity index is 1.44. The van der Waals surface area contributed by atoms with Crippen LogP contribution < -0.4 is 0 Å². The predicted molar refractivity (Wildman–Crippen MR) is 149 cm³/mol. The molecule has 5 aliphatic carbocycles. The standard InChI is InChI=1S/C34H28ClN/c35-28-11-5-9-26-27-10-6-14-31(36-29-12-3-1-7-24(29)25-8-2-4-13-30(25)36)33(27)34(32(26)28)22-16-20-15-21(18-22)19-23(34)17-20/h1-14,20-23H,15-19H2. The van der Waals surface area contributed by atoms with E-state index >= 15 is 0 Å². The number of nitrogens with zero attached hydrogens (tertiary/aromatic N) is 1. The van der Waals surface area contributed by atoms with Crippen molar-refractivity contribution in [2.75, 3.05) is 0 Å². The van der Waals surface area contributed by atoms with E-state index in [0.717, 1.165) is 16.9 Å². The van der Waals surface area contributed by atoms with Gasteiger partial charge in [0, 0.05) is 21.2 Å². The zero-order valence-corrected chi connectivity index (χ0v) is 21.0. The van der Waals surface area contributed by atoms with E-state index in [1.807, 2.05) is 0 Å². The van der Waals surface area contributed by atoms with Gasteiger partial charge in [-0.05, 0) is 102 Å². The van der Waals surface area contributed by atoms with Crippen molar-refractivity contribution < 1.29 is 0 Å². The van der Waals surface area contributed by atoms with Crippen LogP contribution in [-0.4, -0.2) is 4.57 Å². The molecule has 5 aliphatic rings. The van der Waals surface area contributed by atoms with Crippen molar-refractivity contribution >= 4 is 33.4 Å². The number of para-hydroxylation sites is 2. The van der Waals surface area contributed by atoms with Crippen LogP contribution in [0.25, 0.3) is 38.6 Å². The number of halogens is 1. The second-order valence-electron chi connectivity index (χ2n) is 11.9. The molecule has 176 valence electrons. The third-order valence-corrected chi connectivity index (χ3v) is 10.7. The van der Waals surface area contributed by atoms with E-state index in [-0.39, 0.29) is 5.41 Å². The van der Waals surface area contributed by atoms with Gasteiger partial charge in [0.15, 0.2) is 0 Å². The molecule has 0 N–H and O–H groups in total. The summed E-state index contributed by atoms with van der Waals surface area (Å²) in [6.45, 7) is 0. The van der Waals surface area contributed by atoms with Crippen LogP contribution in [-0.2, 0) is 5.41 Å². The summed E-state index contributed by atoms with van der Waals surface area (Å²) in [5.74, 6) is 3.19. The first-order valence-electron chi connectivity index (χ1n) is 13.7. The number of rotatable bonds is 1. The van der Waals surface area contributed by atoms with E-state index in [2.05, 4.69) is 89.5 Å². The molecular formula is C34H28ClN. The molecule has 4 fully saturated rings. The number of aromatic nitrogens is 1. The van der Waals surface area contributed by atoms with Gasteiger partial charge in [-0.15, -0.1) is 0 Å². The first-order chi connectivity index (χ1) is 17.7. The monoisotopic (exact) mass is 485 g/mol. The van der Waals surface area contributed by atoms with E-state index in [4.69, 9.17) is 11.6 Å². The second-order valence-corrected chi connectivity index (χ2v) is 12.3. The lowest BCUT2D eigenvalue weighted by molar-refractivity contribution is -0.0398. The van der Waals surface area contributed by atoms with Crippen molar-refractivity contribution in [2.24, 2.45) is 23.7 Å². The molecule has 2 heteroatoms. The highest BCUT2D eigenvalue weighted by Gasteiger charge is 2.63. The fraction of sp³-hybridized carbons (Fsp3) is 0.294. The molecule has 10 rings (SSSR count). The topological polar surface area (TPSA) is 4.93 Å². The number of fused-ring (bicyclic) bond motifs is 6. The fourth-order valence-corrected chi connectivity index (χ4v) is 9.94. The van der Waals surface area contributed by atoms with E-state index in [0.29, 0.717) is 11.8 Å². The Kier molecular flexibility index (Phi) is 3.81. The molecule has 0 saturated heterocycles. The summed E-state index contributed by atoms with van der Waals surface area (Å²) in [6, 6.07) is 31.6. The van der Waals surface area contributed by atoms with Crippen LogP contribution in [0, 0.1) is 23.7 Å².